The highest BCUT2D eigenvalue weighted by Crippen LogP contribution is 2.30. The molecule has 6 nitrogen and oxygen atoms in total. The third kappa shape index (κ3) is 4.41. The second-order valence-electron chi connectivity index (χ2n) is 8.12. The average molecular weight is 392 g/mol. The molecule has 0 unspecified atom stereocenters. The lowest BCUT2D eigenvalue weighted by Crippen LogP contribution is -2.51. The number of urea groups is 1. The van der Waals surface area contributed by atoms with Crippen molar-refractivity contribution in [2.45, 2.75) is 69.4 Å². The van der Waals surface area contributed by atoms with E-state index in [0.29, 0.717) is 24.9 Å². The zero-order chi connectivity index (χ0) is 19.5. The van der Waals surface area contributed by atoms with Crippen LogP contribution in [0.2, 0.25) is 0 Å². The number of rotatable bonds is 5. The first-order valence-electron chi connectivity index (χ1n) is 10.3. The van der Waals surface area contributed by atoms with Crippen molar-refractivity contribution in [2.75, 3.05) is 13.2 Å². The SMILES string of the molecule is C[C@H](NC(=O)N[C@H]1CO[C@H]2[C@@H]1OC[C@@H]2Oc1ccc(F)cc1)C1CCCCC1. The fourth-order valence-corrected chi connectivity index (χ4v) is 4.55. The molecular formula is C21H29FN2O4. The number of nitrogens with one attached hydrogen (secondary N) is 2. The molecule has 7 heteroatoms. The zero-order valence-corrected chi connectivity index (χ0v) is 16.2. The first-order valence-corrected chi connectivity index (χ1v) is 10.3. The van der Waals surface area contributed by atoms with Crippen LogP contribution >= 0.6 is 0 Å². The van der Waals surface area contributed by atoms with Gasteiger partial charge in [0.25, 0.3) is 0 Å². The number of halogens is 1. The summed E-state index contributed by atoms with van der Waals surface area (Å²) in [6.45, 7) is 2.86. The molecule has 2 N–H and O–H groups in total. The molecule has 154 valence electrons. The molecule has 2 saturated heterocycles. The summed E-state index contributed by atoms with van der Waals surface area (Å²) in [5.41, 5.74) is 0. The third-order valence-corrected chi connectivity index (χ3v) is 6.14. The Hall–Kier alpha value is -1.86. The second kappa shape index (κ2) is 8.66. The van der Waals surface area contributed by atoms with Gasteiger partial charge >= 0.3 is 6.03 Å². The van der Waals surface area contributed by atoms with E-state index < -0.39 is 0 Å². The molecule has 1 aromatic rings. The maximum Gasteiger partial charge on any atom is 0.315 e. The van der Waals surface area contributed by atoms with E-state index in [1.54, 1.807) is 12.1 Å². The number of fused-ring (bicyclic) bond motifs is 1. The molecule has 2 aliphatic heterocycles. The summed E-state index contributed by atoms with van der Waals surface area (Å²) in [4.78, 5) is 12.4. The number of hydrogen-bond acceptors (Lipinski definition) is 4. The molecule has 4 rings (SSSR count). The third-order valence-electron chi connectivity index (χ3n) is 6.14. The van der Waals surface area contributed by atoms with Crippen LogP contribution in [-0.4, -0.2) is 49.6 Å². The molecule has 1 saturated carbocycles. The topological polar surface area (TPSA) is 68.8 Å². The van der Waals surface area contributed by atoms with E-state index in [0.717, 1.165) is 0 Å². The molecule has 3 fully saturated rings. The van der Waals surface area contributed by atoms with Gasteiger partial charge in [0.05, 0.1) is 19.3 Å². The van der Waals surface area contributed by atoms with Crippen molar-refractivity contribution < 1.29 is 23.4 Å². The van der Waals surface area contributed by atoms with Crippen LogP contribution in [-0.2, 0) is 9.47 Å². The van der Waals surface area contributed by atoms with Crippen molar-refractivity contribution in [3.8, 4) is 5.75 Å². The van der Waals surface area contributed by atoms with Crippen LogP contribution in [0.3, 0.4) is 0 Å². The maximum atomic E-state index is 13.0. The van der Waals surface area contributed by atoms with Crippen LogP contribution in [0.25, 0.3) is 0 Å². The monoisotopic (exact) mass is 392 g/mol. The van der Waals surface area contributed by atoms with Gasteiger partial charge in [-0.1, -0.05) is 19.3 Å². The van der Waals surface area contributed by atoms with Gasteiger partial charge in [0.1, 0.15) is 23.8 Å². The van der Waals surface area contributed by atoms with E-state index in [9.17, 15) is 9.18 Å². The van der Waals surface area contributed by atoms with E-state index in [1.807, 2.05) is 0 Å². The molecule has 0 spiro atoms. The Morgan fingerprint density at radius 1 is 1.11 bits per heavy atom. The second-order valence-corrected chi connectivity index (χ2v) is 8.12. The molecule has 5 atom stereocenters. The Labute approximate surface area is 165 Å². The van der Waals surface area contributed by atoms with Crippen molar-refractivity contribution in [3.63, 3.8) is 0 Å². The fourth-order valence-electron chi connectivity index (χ4n) is 4.55. The van der Waals surface area contributed by atoms with Crippen LogP contribution in [0.15, 0.2) is 24.3 Å². The van der Waals surface area contributed by atoms with Crippen LogP contribution in [0.1, 0.15) is 39.0 Å². The normalized spacial score (nSPS) is 31.2. The number of benzene rings is 1. The van der Waals surface area contributed by atoms with Crippen LogP contribution in [0, 0.1) is 11.7 Å². The van der Waals surface area contributed by atoms with Gasteiger partial charge in [-0.05, 0) is 49.9 Å². The van der Waals surface area contributed by atoms with Gasteiger partial charge < -0.3 is 24.8 Å². The van der Waals surface area contributed by atoms with Gasteiger partial charge in [-0.2, -0.15) is 0 Å². The molecule has 0 aromatic heterocycles. The standard InChI is InChI=1S/C21H29FN2O4/c1-13(14-5-3-2-4-6-14)23-21(25)24-17-11-26-20-18(12-27-19(17)20)28-16-9-7-15(22)8-10-16/h7-10,13-14,17-20H,2-6,11-12H2,1H3,(H2,23,24,25)/t13-,17-,18-,19+,20+/m0/s1. The molecule has 0 radical (unpaired) electrons. The lowest BCUT2D eigenvalue weighted by atomic mass is 9.85. The summed E-state index contributed by atoms with van der Waals surface area (Å²) in [7, 11) is 0. The first kappa shape index (κ1) is 19.5. The fraction of sp³-hybridized carbons (Fsp3) is 0.667. The van der Waals surface area contributed by atoms with Gasteiger partial charge in [-0.25, -0.2) is 9.18 Å². The molecule has 0 bridgehead atoms. The van der Waals surface area contributed by atoms with Crippen LogP contribution < -0.4 is 15.4 Å². The van der Waals surface area contributed by atoms with Crippen LogP contribution in [0.4, 0.5) is 9.18 Å². The van der Waals surface area contributed by atoms with E-state index in [-0.39, 0.29) is 42.2 Å². The maximum absolute atomic E-state index is 13.0. The largest absolute Gasteiger partial charge is 0.485 e. The molecular weight excluding hydrogens is 363 g/mol. The van der Waals surface area contributed by atoms with E-state index in [2.05, 4.69) is 17.6 Å². The van der Waals surface area contributed by atoms with Gasteiger partial charge in [-0.15, -0.1) is 0 Å². The van der Waals surface area contributed by atoms with Crippen molar-refractivity contribution in [1.29, 1.82) is 0 Å². The Kier molecular flexibility index (Phi) is 6.01. The van der Waals surface area contributed by atoms with Crippen molar-refractivity contribution in [3.05, 3.63) is 30.1 Å². The van der Waals surface area contributed by atoms with E-state index >= 15 is 0 Å². The number of carbonyl (C=O) groups is 1. The zero-order valence-electron chi connectivity index (χ0n) is 16.2. The number of ether oxygens (including phenoxy) is 3. The summed E-state index contributed by atoms with van der Waals surface area (Å²) >= 11 is 0. The number of amides is 2. The summed E-state index contributed by atoms with van der Waals surface area (Å²) in [5.74, 6) is 0.834. The lowest BCUT2D eigenvalue weighted by Gasteiger charge is -2.29. The smallest absolute Gasteiger partial charge is 0.315 e. The minimum atomic E-state index is -0.303. The lowest BCUT2D eigenvalue weighted by molar-refractivity contribution is 0.0303. The highest BCUT2D eigenvalue weighted by atomic mass is 19.1. The summed E-state index contributed by atoms with van der Waals surface area (Å²) < 4.78 is 30.6. The van der Waals surface area contributed by atoms with Gasteiger partial charge in [0.15, 0.2) is 6.10 Å². The Balaban J connectivity index is 1.27. The predicted octanol–water partition coefficient (Wildman–Crippen LogP) is 3.01. The molecule has 2 heterocycles. The average Bonchev–Trinajstić information content (AvgIpc) is 3.28. The molecule has 2 amide bonds. The van der Waals surface area contributed by atoms with Gasteiger partial charge in [-0.3, -0.25) is 0 Å². The van der Waals surface area contributed by atoms with Crippen molar-refractivity contribution in [2.24, 2.45) is 5.92 Å². The Bertz CT molecular complexity index is 665. The van der Waals surface area contributed by atoms with Crippen LogP contribution in [0.5, 0.6) is 5.75 Å². The first-order chi connectivity index (χ1) is 13.6. The molecule has 28 heavy (non-hydrogen) atoms. The summed E-state index contributed by atoms with van der Waals surface area (Å²) in [6, 6.07) is 5.70. The van der Waals surface area contributed by atoms with Gasteiger partial charge in [0.2, 0.25) is 0 Å². The summed E-state index contributed by atoms with van der Waals surface area (Å²) in [5, 5.41) is 6.09. The minimum absolute atomic E-state index is 0.164. The summed E-state index contributed by atoms with van der Waals surface area (Å²) in [6.07, 6.45) is 5.42. The van der Waals surface area contributed by atoms with E-state index in [4.69, 9.17) is 14.2 Å². The molecule has 3 aliphatic rings. The highest BCUT2D eigenvalue weighted by molar-refractivity contribution is 5.74. The highest BCUT2D eigenvalue weighted by Gasteiger charge is 2.49. The molecule has 1 aliphatic carbocycles. The Morgan fingerprint density at radius 3 is 2.57 bits per heavy atom. The van der Waals surface area contributed by atoms with E-state index in [1.165, 1.54) is 44.2 Å². The predicted molar refractivity (Wildman–Crippen MR) is 102 cm³/mol. The number of carbonyl (C=O) groups excluding carboxylic acids is 1. The van der Waals surface area contributed by atoms with Gasteiger partial charge in [0, 0.05) is 6.04 Å². The quantitative estimate of drug-likeness (QED) is 0.808. The Morgan fingerprint density at radius 2 is 1.82 bits per heavy atom. The number of hydrogen-bond donors (Lipinski definition) is 2. The van der Waals surface area contributed by atoms with Crippen molar-refractivity contribution >= 4 is 6.03 Å². The molecule has 1 aromatic carbocycles. The minimum Gasteiger partial charge on any atom is -0.485 e. The van der Waals surface area contributed by atoms with Crippen molar-refractivity contribution in [1.82, 2.24) is 10.6 Å².